The van der Waals surface area contributed by atoms with Crippen molar-refractivity contribution in [3.8, 4) is 0 Å². The summed E-state index contributed by atoms with van der Waals surface area (Å²) in [4.78, 5) is 12.1. The monoisotopic (exact) mass is 322 g/mol. The van der Waals surface area contributed by atoms with Crippen molar-refractivity contribution in [1.82, 2.24) is 5.32 Å². The zero-order valence-corrected chi connectivity index (χ0v) is 14.5. The molecule has 126 valence electrons. The quantitative estimate of drug-likeness (QED) is 0.807. The highest BCUT2D eigenvalue weighted by Gasteiger charge is 2.44. The van der Waals surface area contributed by atoms with E-state index in [9.17, 15) is 4.79 Å². The summed E-state index contributed by atoms with van der Waals surface area (Å²) in [7, 11) is 0. The first-order chi connectivity index (χ1) is 11.6. The number of carbonyl (C=O) groups is 1. The van der Waals surface area contributed by atoms with Crippen molar-refractivity contribution in [2.45, 2.75) is 38.0 Å². The van der Waals surface area contributed by atoms with E-state index in [0.717, 1.165) is 25.1 Å². The molecule has 2 aromatic rings. The maximum atomic E-state index is 12.1. The Labute approximate surface area is 144 Å². The summed E-state index contributed by atoms with van der Waals surface area (Å²) in [5.41, 5.74) is 3.79. The van der Waals surface area contributed by atoms with Crippen LogP contribution in [-0.2, 0) is 10.2 Å². The molecule has 0 spiro atoms. The van der Waals surface area contributed by atoms with Crippen molar-refractivity contribution in [1.29, 1.82) is 0 Å². The Hall–Kier alpha value is -2.29. The van der Waals surface area contributed by atoms with Gasteiger partial charge in [0.05, 0.1) is 6.54 Å². The molecule has 3 nitrogen and oxygen atoms in total. The van der Waals surface area contributed by atoms with E-state index in [1.165, 1.54) is 11.1 Å². The lowest BCUT2D eigenvalue weighted by Crippen LogP contribution is -2.35. The molecule has 1 amide bonds. The largest absolute Gasteiger partial charge is 0.376 e. The smallest absolute Gasteiger partial charge is 0.239 e. The molecule has 1 aliphatic carbocycles. The topological polar surface area (TPSA) is 41.1 Å². The lowest BCUT2D eigenvalue weighted by atomic mass is 9.96. The Morgan fingerprint density at radius 2 is 1.71 bits per heavy atom. The van der Waals surface area contributed by atoms with E-state index in [2.05, 4.69) is 60.9 Å². The van der Waals surface area contributed by atoms with Crippen molar-refractivity contribution < 1.29 is 4.79 Å². The first-order valence-corrected chi connectivity index (χ1v) is 8.75. The average Bonchev–Trinajstić information content (AvgIpc) is 3.40. The molecule has 24 heavy (non-hydrogen) atoms. The van der Waals surface area contributed by atoms with E-state index < -0.39 is 0 Å². The minimum Gasteiger partial charge on any atom is -0.376 e. The van der Waals surface area contributed by atoms with Gasteiger partial charge in [-0.25, -0.2) is 0 Å². The number of rotatable bonds is 7. The highest BCUT2D eigenvalue weighted by Crippen LogP contribution is 2.47. The van der Waals surface area contributed by atoms with Gasteiger partial charge in [0.15, 0.2) is 0 Å². The third-order valence-corrected chi connectivity index (χ3v) is 4.89. The number of benzene rings is 2. The lowest BCUT2D eigenvalue weighted by molar-refractivity contribution is -0.119. The number of nitrogens with one attached hydrogen (secondary N) is 2. The molecule has 2 aromatic carbocycles. The summed E-state index contributed by atoms with van der Waals surface area (Å²) in [6.45, 7) is 5.39. The average molecular weight is 322 g/mol. The molecule has 1 aliphatic rings. The van der Waals surface area contributed by atoms with Crippen LogP contribution in [0.2, 0.25) is 0 Å². The van der Waals surface area contributed by atoms with Crippen LogP contribution in [0.15, 0.2) is 54.6 Å². The molecule has 0 saturated heterocycles. The van der Waals surface area contributed by atoms with Gasteiger partial charge < -0.3 is 10.6 Å². The Balaban J connectivity index is 1.46. The maximum absolute atomic E-state index is 12.1. The fourth-order valence-corrected chi connectivity index (χ4v) is 3.01. The zero-order valence-electron chi connectivity index (χ0n) is 14.5. The summed E-state index contributed by atoms with van der Waals surface area (Å²) in [5, 5.41) is 6.28. The second-order valence-corrected chi connectivity index (χ2v) is 7.05. The Kier molecular flexibility index (Phi) is 4.89. The highest BCUT2D eigenvalue weighted by atomic mass is 16.1. The Morgan fingerprint density at radius 3 is 2.29 bits per heavy atom. The molecular formula is C21H26N2O. The molecule has 0 atom stereocenters. The van der Waals surface area contributed by atoms with E-state index in [-0.39, 0.29) is 11.3 Å². The number of hydrogen-bond acceptors (Lipinski definition) is 2. The van der Waals surface area contributed by atoms with E-state index in [1.807, 2.05) is 18.2 Å². The van der Waals surface area contributed by atoms with Crippen molar-refractivity contribution in [3.05, 3.63) is 65.7 Å². The molecule has 0 radical (unpaired) electrons. The van der Waals surface area contributed by atoms with Crippen LogP contribution < -0.4 is 10.6 Å². The van der Waals surface area contributed by atoms with Gasteiger partial charge in [0.1, 0.15) is 0 Å². The van der Waals surface area contributed by atoms with Crippen LogP contribution in [0.25, 0.3) is 0 Å². The predicted octanol–water partition coefficient (Wildman–Crippen LogP) is 4.07. The predicted molar refractivity (Wildman–Crippen MR) is 99.4 cm³/mol. The first kappa shape index (κ1) is 16.6. The van der Waals surface area contributed by atoms with Crippen LogP contribution in [0.5, 0.6) is 0 Å². The molecule has 0 aromatic heterocycles. The fraction of sp³-hybridized carbons (Fsp3) is 0.381. The Morgan fingerprint density at radius 1 is 1.04 bits per heavy atom. The molecule has 1 fully saturated rings. The normalized spacial score (nSPS) is 15.1. The molecule has 3 rings (SSSR count). The van der Waals surface area contributed by atoms with Crippen LogP contribution >= 0.6 is 0 Å². The summed E-state index contributed by atoms with van der Waals surface area (Å²) >= 11 is 0. The van der Waals surface area contributed by atoms with Gasteiger partial charge in [-0.05, 0) is 42.0 Å². The van der Waals surface area contributed by atoms with Crippen LogP contribution in [0, 0.1) is 0 Å². The zero-order chi connectivity index (χ0) is 17.0. The van der Waals surface area contributed by atoms with E-state index in [1.54, 1.807) is 0 Å². The number of anilines is 1. The lowest BCUT2D eigenvalue weighted by Gasteiger charge is -2.17. The molecular weight excluding hydrogens is 296 g/mol. The Bertz CT molecular complexity index is 673. The molecule has 0 unspecified atom stereocenters. The second kappa shape index (κ2) is 7.08. The van der Waals surface area contributed by atoms with E-state index >= 15 is 0 Å². The van der Waals surface area contributed by atoms with Crippen LogP contribution in [0.1, 0.15) is 43.7 Å². The van der Waals surface area contributed by atoms with Crippen molar-refractivity contribution >= 4 is 11.6 Å². The summed E-state index contributed by atoms with van der Waals surface area (Å²) < 4.78 is 0. The molecule has 0 aliphatic heterocycles. The van der Waals surface area contributed by atoms with Crippen LogP contribution in [0.3, 0.4) is 0 Å². The van der Waals surface area contributed by atoms with Gasteiger partial charge in [-0.2, -0.15) is 0 Å². The molecule has 2 N–H and O–H groups in total. The minimum absolute atomic E-state index is 0.0464. The highest BCUT2D eigenvalue weighted by molar-refractivity contribution is 5.80. The molecule has 0 bridgehead atoms. The van der Waals surface area contributed by atoms with Crippen molar-refractivity contribution in [2.24, 2.45) is 0 Å². The maximum Gasteiger partial charge on any atom is 0.239 e. The SMILES string of the molecule is CC(C)c1ccc(NCC(=O)NCC2(c3ccccc3)CC2)cc1. The van der Waals surface area contributed by atoms with Gasteiger partial charge in [0.25, 0.3) is 0 Å². The van der Waals surface area contributed by atoms with Gasteiger partial charge in [-0.3, -0.25) is 4.79 Å². The summed E-state index contributed by atoms with van der Waals surface area (Å²) in [6.07, 6.45) is 2.31. The fourth-order valence-electron chi connectivity index (χ4n) is 3.01. The number of amides is 1. The van der Waals surface area contributed by atoms with E-state index in [0.29, 0.717) is 12.5 Å². The number of carbonyl (C=O) groups excluding carboxylic acids is 1. The number of hydrogen-bond donors (Lipinski definition) is 2. The van der Waals surface area contributed by atoms with Gasteiger partial charge in [0, 0.05) is 17.6 Å². The molecule has 0 heterocycles. The standard InChI is InChI=1S/C21H26N2O/c1-16(2)17-8-10-19(11-9-17)22-14-20(24)23-15-21(12-13-21)18-6-4-3-5-7-18/h3-11,16,22H,12-15H2,1-2H3,(H,23,24). The van der Waals surface area contributed by atoms with Crippen molar-refractivity contribution in [2.75, 3.05) is 18.4 Å². The second-order valence-electron chi connectivity index (χ2n) is 7.05. The van der Waals surface area contributed by atoms with Crippen LogP contribution in [-0.4, -0.2) is 19.0 Å². The third kappa shape index (κ3) is 3.97. The van der Waals surface area contributed by atoms with Crippen LogP contribution in [0.4, 0.5) is 5.69 Å². The van der Waals surface area contributed by atoms with Gasteiger partial charge >= 0.3 is 0 Å². The van der Waals surface area contributed by atoms with Gasteiger partial charge in [-0.15, -0.1) is 0 Å². The first-order valence-electron chi connectivity index (χ1n) is 8.75. The minimum atomic E-state index is 0.0464. The van der Waals surface area contributed by atoms with Gasteiger partial charge in [0.2, 0.25) is 5.91 Å². The molecule has 1 saturated carbocycles. The van der Waals surface area contributed by atoms with E-state index in [4.69, 9.17) is 0 Å². The molecule has 3 heteroatoms. The third-order valence-electron chi connectivity index (χ3n) is 4.89. The van der Waals surface area contributed by atoms with Crippen molar-refractivity contribution in [3.63, 3.8) is 0 Å². The summed E-state index contributed by atoms with van der Waals surface area (Å²) in [6, 6.07) is 18.8. The summed E-state index contributed by atoms with van der Waals surface area (Å²) in [5.74, 6) is 0.570. The van der Waals surface area contributed by atoms with Gasteiger partial charge in [-0.1, -0.05) is 56.3 Å².